The SMILES string of the molecule is Cc1nccc(N2CCN(c3ccc(NC(=O)C4CC4)nc3)CC2)n1. The molecule has 0 aromatic carbocycles. The van der Waals surface area contributed by atoms with Crippen LogP contribution in [0.3, 0.4) is 0 Å². The minimum absolute atomic E-state index is 0.0917. The molecule has 4 rings (SSSR count). The predicted octanol–water partition coefficient (Wildman–Crippen LogP) is 1.86. The maximum absolute atomic E-state index is 11.8. The third kappa shape index (κ3) is 3.70. The molecule has 0 unspecified atom stereocenters. The topological polar surface area (TPSA) is 74.2 Å². The fourth-order valence-corrected chi connectivity index (χ4v) is 3.03. The van der Waals surface area contributed by atoms with Crippen molar-refractivity contribution in [1.29, 1.82) is 0 Å². The minimum Gasteiger partial charge on any atom is -0.367 e. The van der Waals surface area contributed by atoms with Gasteiger partial charge in [0.1, 0.15) is 17.5 Å². The van der Waals surface area contributed by atoms with Gasteiger partial charge < -0.3 is 15.1 Å². The van der Waals surface area contributed by atoms with Crippen LogP contribution in [0.4, 0.5) is 17.3 Å². The largest absolute Gasteiger partial charge is 0.367 e. The molecule has 1 aliphatic carbocycles. The van der Waals surface area contributed by atoms with E-state index in [2.05, 4.69) is 30.1 Å². The van der Waals surface area contributed by atoms with Gasteiger partial charge in [-0.3, -0.25) is 4.79 Å². The number of carbonyl (C=O) groups excluding carboxylic acids is 1. The van der Waals surface area contributed by atoms with Gasteiger partial charge in [0, 0.05) is 38.3 Å². The molecule has 1 saturated heterocycles. The van der Waals surface area contributed by atoms with Crippen LogP contribution in [0.25, 0.3) is 0 Å². The van der Waals surface area contributed by atoms with Gasteiger partial charge in [-0.2, -0.15) is 0 Å². The Balaban J connectivity index is 1.35. The van der Waals surface area contributed by atoms with Crippen molar-refractivity contribution in [1.82, 2.24) is 15.0 Å². The predicted molar refractivity (Wildman–Crippen MR) is 96.8 cm³/mol. The van der Waals surface area contributed by atoms with Gasteiger partial charge in [0.15, 0.2) is 0 Å². The minimum atomic E-state index is 0.0917. The molecule has 7 heteroatoms. The quantitative estimate of drug-likeness (QED) is 0.917. The maximum Gasteiger partial charge on any atom is 0.228 e. The number of piperazine rings is 1. The highest BCUT2D eigenvalue weighted by molar-refractivity contribution is 5.93. The van der Waals surface area contributed by atoms with Gasteiger partial charge in [0.2, 0.25) is 5.91 Å². The van der Waals surface area contributed by atoms with Crippen LogP contribution < -0.4 is 15.1 Å². The summed E-state index contributed by atoms with van der Waals surface area (Å²) in [7, 11) is 0. The van der Waals surface area contributed by atoms with E-state index in [1.165, 1.54) is 0 Å². The third-order valence-corrected chi connectivity index (χ3v) is 4.68. The number of aryl methyl sites for hydroxylation is 1. The molecule has 1 aliphatic heterocycles. The number of carbonyl (C=O) groups is 1. The Labute approximate surface area is 147 Å². The molecule has 2 aliphatic rings. The van der Waals surface area contributed by atoms with Crippen molar-refractivity contribution < 1.29 is 4.79 Å². The molecular formula is C18H22N6O. The molecule has 0 bridgehead atoms. The molecule has 3 heterocycles. The summed E-state index contributed by atoms with van der Waals surface area (Å²) in [6, 6.07) is 5.87. The highest BCUT2D eigenvalue weighted by Gasteiger charge is 2.29. The number of pyridine rings is 1. The number of nitrogens with one attached hydrogen (secondary N) is 1. The van der Waals surface area contributed by atoms with Crippen molar-refractivity contribution >= 4 is 23.2 Å². The first kappa shape index (κ1) is 15.8. The summed E-state index contributed by atoms with van der Waals surface area (Å²) in [6.07, 6.45) is 5.65. The number of aromatic nitrogens is 3. The van der Waals surface area contributed by atoms with E-state index in [0.717, 1.165) is 56.4 Å². The Morgan fingerprint density at radius 2 is 1.84 bits per heavy atom. The zero-order valence-electron chi connectivity index (χ0n) is 14.4. The van der Waals surface area contributed by atoms with Crippen LogP contribution in [0.5, 0.6) is 0 Å². The lowest BCUT2D eigenvalue weighted by atomic mass is 10.2. The van der Waals surface area contributed by atoms with Crippen molar-refractivity contribution in [2.75, 3.05) is 41.3 Å². The van der Waals surface area contributed by atoms with E-state index in [1.807, 2.05) is 37.5 Å². The zero-order chi connectivity index (χ0) is 17.2. The lowest BCUT2D eigenvalue weighted by Gasteiger charge is -2.36. The van der Waals surface area contributed by atoms with Gasteiger partial charge in [-0.15, -0.1) is 0 Å². The Morgan fingerprint density at radius 1 is 1.08 bits per heavy atom. The van der Waals surface area contributed by atoms with E-state index in [4.69, 9.17) is 0 Å². The smallest absolute Gasteiger partial charge is 0.228 e. The van der Waals surface area contributed by atoms with Crippen molar-refractivity contribution in [3.63, 3.8) is 0 Å². The van der Waals surface area contributed by atoms with E-state index in [0.29, 0.717) is 5.82 Å². The molecule has 7 nitrogen and oxygen atoms in total. The lowest BCUT2D eigenvalue weighted by molar-refractivity contribution is -0.117. The summed E-state index contributed by atoms with van der Waals surface area (Å²) >= 11 is 0. The average Bonchev–Trinajstić information content (AvgIpc) is 3.48. The summed E-state index contributed by atoms with van der Waals surface area (Å²) in [5.74, 6) is 2.71. The zero-order valence-corrected chi connectivity index (χ0v) is 14.4. The molecule has 130 valence electrons. The number of hydrogen-bond donors (Lipinski definition) is 1. The first-order chi connectivity index (χ1) is 12.2. The Morgan fingerprint density at radius 3 is 2.48 bits per heavy atom. The Bertz CT molecular complexity index is 750. The molecule has 2 aromatic heterocycles. The first-order valence-electron chi connectivity index (χ1n) is 8.75. The van der Waals surface area contributed by atoms with Gasteiger partial charge in [0.25, 0.3) is 0 Å². The fourth-order valence-electron chi connectivity index (χ4n) is 3.03. The highest BCUT2D eigenvalue weighted by Crippen LogP contribution is 2.30. The van der Waals surface area contributed by atoms with Crippen LogP contribution in [0.15, 0.2) is 30.6 Å². The molecular weight excluding hydrogens is 316 g/mol. The van der Waals surface area contributed by atoms with Crippen molar-refractivity contribution in [2.45, 2.75) is 19.8 Å². The first-order valence-corrected chi connectivity index (χ1v) is 8.75. The molecule has 25 heavy (non-hydrogen) atoms. The van der Waals surface area contributed by atoms with Crippen molar-refractivity contribution in [2.24, 2.45) is 5.92 Å². The lowest BCUT2D eigenvalue weighted by Crippen LogP contribution is -2.46. The second-order valence-corrected chi connectivity index (χ2v) is 6.60. The number of rotatable bonds is 4. The standard InChI is InChI=1S/C18H22N6O/c1-13-19-7-6-17(21-13)24-10-8-23(9-11-24)15-4-5-16(20-12-15)22-18(25)14-2-3-14/h4-7,12,14H,2-3,8-11H2,1H3,(H,20,22,25). The van der Waals surface area contributed by atoms with Crippen LogP contribution in [0.1, 0.15) is 18.7 Å². The van der Waals surface area contributed by atoms with E-state index in [-0.39, 0.29) is 11.8 Å². The molecule has 0 radical (unpaired) electrons. The van der Waals surface area contributed by atoms with Crippen LogP contribution in [-0.4, -0.2) is 47.0 Å². The van der Waals surface area contributed by atoms with Crippen LogP contribution >= 0.6 is 0 Å². The number of hydrogen-bond acceptors (Lipinski definition) is 6. The third-order valence-electron chi connectivity index (χ3n) is 4.68. The van der Waals surface area contributed by atoms with Gasteiger partial charge >= 0.3 is 0 Å². The number of anilines is 3. The summed E-state index contributed by atoms with van der Waals surface area (Å²) in [6.45, 7) is 5.57. The molecule has 0 atom stereocenters. The Kier molecular flexibility index (Phi) is 4.21. The van der Waals surface area contributed by atoms with Gasteiger partial charge in [-0.05, 0) is 38.0 Å². The summed E-state index contributed by atoms with van der Waals surface area (Å²) in [5.41, 5.74) is 1.09. The van der Waals surface area contributed by atoms with E-state index in [1.54, 1.807) is 0 Å². The fraction of sp³-hybridized carbons (Fsp3) is 0.444. The normalized spacial score (nSPS) is 17.5. The molecule has 1 saturated carbocycles. The second kappa shape index (κ2) is 6.66. The van der Waals surface area contributed by atoms with Crippen molar-refractivity contribution in [3.05, 3.63) is 36.4 Å². The van der Waals surface area contributed by atoms with Gasteiger partial charge in [0.05, 0.1) is 11.9 Å². The van der Waals surface area contributed by atoms with Gasteiger partial charge in [-0.25, -0.2) is 15.0 Å². The summed E-state index contributed by atoms with van der Waals surface area (Å²) in [4.78, 5) is 29.4. The van der Waals surface area contributed by atoms with Crippen molar-refractivity contribution in [3.8, 4) is 0 Å². The van der Waals surface area contributed by atoms with E-state index in [9.17, 15) is 4.79 Å². The maximum atomic E-state index is 11.8. The number of nitrogens with zero attached hydrogens (tertiary/aromatic N) is 5. The van der Waals surface area contributed by atoms with Crippen LogP contribution in [0, 0.1) is 12.8 Å². The van der Waals surface area contributed by atoms with E-state index >= 15 is 0 Å². The molecule has 2 fully saturated rings. The highest BCUT2D eigenvalue weighted by atomic mass is 16.2. The molecule has 2 aromatic rings. The average molecular weight is 338 g/mol. The van der Waals surface area contributed by atoms with Crippen LogP contribution in [-0.2, 0) is 4.79 Å². The molecule has 1 N–H and O–H groups in total. The Hall–Kier alpha value is -2.70. The van der Waals surface area contributed by atoms with Crippen LogP contribution in [0.2, 0.25) is 0 Å². The molecule has 0 spiro atoms. The summed E-state index contributed by atoms with van der Waals surface area (Å²) < 4.78 is 0. The number of amides is 1. The monoisotopic (exact) mass is 338 g/mol. The summed E-state index contributed by atoms with van der Waals surface area (Å²) in [5, 5.41) is 2.88. The molecule has 1 amide bonds. The van der Waals surface area contributed by atoms with E-state index < -0.39 is 0 Å². The van der Waals surface area contributed by atoms with Gasteiger partial charge in [-0.1, -0.05) is 0 Å². The second-order valence-electron chi connectivity index (χ2n) is 6.60.